The third kappa shape index (κ3) is 2.43. The summed E-state index contributed by atoms with van der Waals surface area (Å²) in [6.45, 7) is 6.49. The molecule has 0 bridgehead atoms. The van der Waals surface area contributed by atoms with Crippen molar-refractivity contribution in [3.8, 4) is 0 Å². The molecule has 0 aromatic heterocycles. The van der Waals surface area contributed by atoms with Crippen molar-refractivity contribution in [2.45, 2.75) is 58.4 Å². The molecule has 1 aliphatic heterocycles. The van der Waals surface area contributed by atoms with E-state index in [1.807, 2.05) is 0 Å². The zero-order valence-electron chi connectivity index (χ0n) is 10.9. The number of ether oxygens (including phenoxy) is 1. The van der Waals surface area contributed by atoms with E-state index in [0.29, 0.717) is 17.4 Å². The Morgan fingerprint density at radius 3 is 2.50 bits per heavy atom. The second-order valence-corrected chi connectivity index (χ2v) is 6.32. The summed E-state index contributed by atoms with van der Waals surface area (Å²) in [6.07, 6.45) is 7.96. The maximum Gasteiger partial charge on any atom is 0.0510 e. The zero-order chi connectivity index (χ0) is 11.6. The third-order valence-electron chi connectivity index (χ3n) is 4.59. The summed E-state index contributed by atoms with van der Waals surface area (Å²) in [5, 5.41) is 0. The summed E-state index contributed by atoms with van der Waals surface area (Å²) in [4.78, 5) is 0. The fourth-order valence-electron chi connectivity index (χ4n) is 3.90. The lowest BCUT2D eigenvalue weighted by Crippen LogP contribution is -2.46. The highest BCUT2D eigenvalue weighted by Gasteiger charge is 2.43. The van der Waals surface area contributed by atoms with Crippen LogP contribution in [0, 0.1) is 17.3 Å². The Kier molecular flexibility index (Phi) is 3.91. The minimum atomic E-state index is 0.375. The van der Waals surface area contributed by atoms with E-state index in [-0.39, 0.29) is 0 Å². The molecule has 0 aromatic carbocycles. The van der Waals surface area contributed by atoms with Crippen LogP contribution >= 0.6 is 0 Å². The zero-order valence-corrected chi connectivity index (χ0v) is 10.9. The Labute approximate surface area is 99.9 Å². The first-order valence-corrected chi connectivity index (χ1v) is 6.97. The molecule has 2 N–H and O–H groups in total. The van der Waals surface area contributed by atoms with E-state index >= 15 is 0 Å². The molecule has 16 heavy (non-hydrogen) atoms. The maximum absolute atomic E-state index is 6.59. The number of hydrogen-bond donors (Lipinski definition) is 1. The smallest absolute Gasteiger partial charge is 0.0510 e. The second-order valence-electron chi connectivity index (χ2n) is 6.32. The Balaban J connectivity index is 2.05. The summed E-state index contributed by atoms with van der Waals surface area (Å²) in [5.41, 5.74) is 7.02. The number of nitrogens with two attached hydrogens (primary N) is 1. The van der Waals surface area contributed by atoms with Crippen LogP contribution in [0.1, 0.15) is 52.4 Å². The van der Waals surface area contributed by atoms with Crippen molar-refractivity contribution >= 4 is 0 Å². The van der Waals surface area contributed by atoms with Gasteiger partial charge in [0.15, 0.2) is 0 Å². The minimum Gasteiger partial charge on any atom is -0.381 e. The van der Waals surface area contributed by atoms with Gasteiger partial charge in [-0.05, 0) is 37.0 Å². The average molecular weight is 225 g/mol. The molecule has 2 rings (SSSR count). The molecule has 0 radical (unpaired) electrons. The molecule has 1 saturated heterocycles. The summed E-state index contributed by atoms with van der Waals surface area (Å²) in [7, 11) is 0. The van der Waals surface area contributed by atoms with Crippen molar-refractivity contribution in [3.05, 3.63) is 0 Å². The highest BCUT2D eigenvalue weighted by Crippen LogP contribution is 2.47. The Morgan fingerprint density at radius 1 is 1.31 bits per heavy atom. The van der Waals surface area contributed by atoms with Crippen molar-refractivity contribution in [1.29, 1.82) is 0 Å². The van der Waals surface area contributed by atoms with Crippen LogP contribution in [0.5, 0.6) is 0 Å². The first-order valence-electron chi connectivity index (χ1n) is 6.97. The first-order chi connectivity index (χ1) is 7.64. The molecular weight excluding hydrogens is 198 g/mol. The molecule has 2 aliphatic rings. The summed E-state index contributed by atoms with van der Waals surface area (Å²) in [6, 6.07) is 0.375. The third-order valence-corrected chi connectivity index (χ3v) is 4.59. The van der Waals surface area contributed by atoms with E-state index in [9.17, 15) is 0 Å². The van der Waals surface area contributed by atoms with Gasteiger partial charge in [-0.15, -0.1) is 0 Å². The standard InChI is InChI=1S/C14H27NO/c1-11(2)9-14(6-3-4-7-14)13(15)12-5-8-16-10-12/h11-13H,3-10,15H2,1-2H3. The van der Waals surface area contributed by atoms with Crippen LogP contribution in [0.15, 0.2) is 0 Å². The van der Waals surface area contributed by atoms with Crippen LogP contribution in [0.2, 0.25) is 0 Å². The lowest BCUT2D eigenvalue weighted by atomic mass is 9.68. The van der Waals surface area contributed by atoms with Gasteiger partial charge in [-0.25, -0.2) is 0 Å². The highest BCUT2D eigenvalue weighted by molar-refractivity contribution is 4.97. The van der Waals surface area contributed by atoms with Crippen molar-refractivity contribution in [2.75, 3.05) is 13.2 Å². The predicted octanol–water partition coefficient (Wildman–Crippen LogP) is 2.96. The van der Waals surface area contributed by atoms with Gasteiger partial charge in [-0.2, -0.15) is 0 Å². The average Bonchev–Trinajstić information content (AvgIpc) is 2.85. The Morgan fingerprint density at radius 2 is 2.00 bits per heavy atom. The van der Waals surface area contributed by atoms with Gasteiger partial charge in [-0.1, -0.05) is 26.7 Å². The van der Waals surface area contributed by atoms with Crippen molar-refractivity contribution in [1.82, 2.24) is 0 Å². The fourth-order valence-corrected chi connectivity index (χ4v) is 3.90. The topological polar surface area (TPSA) is 35.2 Å². The van der Waals surface area contributed by atoms with Gasteiger partial charge in [0.2, 0.25) is 0 Å². The van der Waals surface area contributed by atoms with Crippen LogP contribution in [-0.4, -0.2) is 19.3 Å². The van der Waals surface area contributed by atoms with Crippen molar-refractivity contribution in [2.24, 2.45) is 23.0 Å². The molecule has 2 unspecified atom stereocenters. The van der Waals surface area contributed by atoms with Crippen LogP contribution in [0.25, 0.3) is 0 Å². The van der Waals surface area contributed by atoms with Crippen LogP contribution < -0.4 is 5.73 Å². The molecule has 0 spiro atoms. The fraction of sp³-hybridized carbons (Fsp3) is 1.00. The molecule has 0 aromatic rings. The van der Waals surface area contributed by atoms with Gasteiger partial charge in [0, 0.05) is 18.6 Å². The van der Waals surface area contributed by atoms with E-state index in [1.165, 1.54) is 38.5 Å². The van der Waals surface area contributed by atoms with Gasteiger partial charge < -0.3 is 10.5 Å². The van der Waals surface area contributed by atoms with Gasteiger partial charge in [0.05, 0.1) is 6.61 Å². The van der Waals surface area contributed by atoms with Gasteiger partial charge in [-0.3, -0.25) is 0 Å². The minimum absolute atomic E-state index is 0.375. The maximum atomic E-state index is 6.59. The van der Waals surface area contributed by atoms with Crippen molar-refractivity contribution < 1.29 is 4.74 Å². The van der Waals surface area contributed by atoms with Crippen LogP contribution in [0.4, 0.5) is 0 Å². The van der Waals surface area contributed by atoms with Gasteiger partial charge >= 0.3 is 0 Å². The normalized spacial score (nSPS) is 31.1. The van der Waals surface area contributed by atoms with Crippen LogP contribution in [0.3, 0.4) is 0 Å². The summed E-state index contributed by atoms with van der Waals surface area (Å²) < 4.78 is 5.51. The first kappa shape index (κ1) is 12.4. The van der Waals surface area contributed by atoms with Crippen molar-refractivity contribution in [3.63, 3.8) is 0 Å². The predicted molar refractivity (Wildman–Crippen MR) is 67.3 cm³/mol. The molecular formula is C14H27NO. The lowest BCUT2D eigenvalue weighted by molar-refractivity contribution is 0.119. The van der Waals surface area contributed by atoms with E-state index in [0.717, 1.165) is 19.1 Å². The number of rotatable bonds is 4. The van der Waals surface area contributed by atoms with Crippen LogP contribution in [-0.2, 0) is 4.74 Å². The quantitative estimate of drug-likeness (QED) is 0.798. The number of hydrogen-bond acceptors (Lipinski definition) is 2. The SMILES string of the molecule is CC(C)CC1(C(N)C2CCOC2)CCCC1. The molecule has 0 amide bonds. The molecule has 2 nitrogen and oxygen atoms in total. The molecule has 94 valence electrons. The molecule has 1 saturated carbocycles. The molecule has 2 heteroatoms. The monoisotopic (exact) mass is 225 g/mol. The van der Waals surface area contributed by atoms with E-state index in [2.05, 4.69) is 13.8 Å². The van der Waals surface area contributed by atoms with E-state index in [4.69, 9.17) is 10.5 Å². The Hall–Kier alpha value is -0.0800. The van der Waals surface area contributed by atoms with E-state index in [1.54, 1.807) is 0 Å². The Bertz CT molecular complexity index is 215. The molecule has 2 fully saturated rings. The summed E-state index contributed by atoms with van der Waals surface area (Å²) >= 11 is 0. The largest absolute Gasteiger partial charge is 0.381 e. The lowest BCUT2D eigenvalue weighted by Gasteiger charge is -2.39. The summed E-state index contributed by atoms with van der Waals surface area (Å²) in [5.74, 6) is 1.39. The molecule has 1 heterocycles. The van der Waals surface area contributed by atoms with Gasteiger partial charge in [0.1, 0.15) is 0 Å². The van der Waals surface area contributed by atoms with Gasteiger partial charge in [0.25, 0.3) is 0 Å². The highest BCUT2D eigenvalue weighted by atomic mass is 16.5. The van der Waals surface area contributed by atoms with E-state index < -0.39 is 0 Å². The second kappa shape index (κ2) is 5.05. The molecule has 1 aliphatic carbocycles. The molecule has 2 atom stereocenters.